The van der Waals surface area contributed by atoms with Gasteiger partial charge < -0.3 is 14.0 Å². The minimum absolute atomic E-state index is 0.0738. The van der Waals surface area contributed by atoms with Gasteiger partial charge in [-0.25, -0.2) is 4.79 Å². The number of aryl methyl sites for hydroxylation is 1. The minimum Gasteiger partial charge on any atom is -0.468 e. The van der Waals surface area contributed by atoms with Crippen molar-refractivity contribution in [1.82, 2.24) is 4.57 Å². The van der Waals surface area contributed by atoms with E-state index in [-0.39, 0.29) is 17.7 Å². The van der Waals surface area contributed by atoms with Gasteiger partial charge in [0, 0.05) is 0 Å². The molecule has 0 N–H and O–H groups in total. The maximum Gasteiger partial charge on any atom is 0.338 e. The highest BCUT2D eigenvalue weighted by atomic mass is 32.1. The Bertz CT molecular complexity index is 1190. The number of hydrogen-bond acceptors (Lipinski definition) is 6. The molecule has 8 heteroatoms. The molecule has 0 saturated carbocycles. The molecule has 0 saturated heterocycles. The van der Waals surface area contributed by atoms with Gasteiger partial charge in [-0.05, 0) is 42.7 Å². The number of fused-ring (bicyclic) bond motifs is 1. The summed E-state index contributed by atoms with van der Waals surface area (Å²) in [5.41, 5.74) is 2.26. The van der Waals surface area contributed by atoms with E-state index in [9.17, 15) is 14.4 Å². The maximum absolute atomic E-state index is 13.0. The van der Waals surface area contributed by atoms with Crippen LogP contribution in [0.1, 0.15) is 46.0 Å². The lowest BCUT2D eigenvalue weighted by Gasteiger charge is -2.06. The number of carbonyl (C=O) groups excluding carboxylic acids is 3. The van der Waals surface area contributed by atoms with Crippen LogP contribution in [0, 0.1) is 0 Å². The monoisotopic (exact) mass is 440 g/mol. The van der Waals surface area contributed by atoms with Gasteiger partial charge in [-0.2, -0.15) is 4.99 Å². The molecule has 0 aliphatic rings. The number of aromatic nitrogens is 1. The van der Waals surface area contributed by atoms with Gasteiger partial charge in [-0.1, -0.05) is 42.9 Å². The molecule has 1 aromatic heterocycles. The first-order chi connectivity index (χ1) is 15.0. The summed E-state index contributed by atoms with van der Waals surface area (Å²) in [6.07, 6.45) is 3.14. The fraction of sp³-hybridized carbons (Fsp3) is 0.304. The first-order valence-electron chi connectivity index (χ1n) is 9.94. The zero-order valence-electron chi connectivity index (χ0n) is 17.7. The van der Waals surface area contributed by atoms with Crippen LogP contribution in [0.3, 0.4) is 0 Å². The van der Waals surface area contributed by atoms with E-state index in [4.69, 9.17) is 9.47 Å². The maximum atomic E-state index is 13.0. The summed E-state index contributed by atoms with van der Waals surface area (Å²) in [5.74, 6) is -1.64. The van der Waals surface area contributed by atoms with Crippen LogP contribution in [0.15, 0.2) is 47.5 Å². The molecule has 0 spiro atoms. The molecule has 1 amide bonds. The van der Waals surface area contributed by atoms with Crippen molar-refractivity contribution >= 4 is 39.4 Å². The van der Waals surface area contributed by atoms with Crippen LogP contribution in [0.4, 0.5) is 0 Å². The summed E-state index contributed by atoms with van der Waals surface area (Å²) in [6.45, 7) is 2.07. The number of ether oxygens (including phenoxy) is 2. The summed E-state index contributed by atoms with van der Waals surface area (Å²) in [4.78, 5) is 41.6. The third-order valence-corrected chi connectivity index (χ3v) is 5.88. The smallest absolute Gasteiger partial charge is 0.338 e. The predicted molar refractivity (Wildman–Crippen MR) is 118 cm³/mol. The Morgan fingerprint density at radius 2 is 1.77 bits per heavy atom. The number of methoxy groups -OCH3 is 2. The standard InChI is InChI=1S/C23H24N2O5S/c1-4-5-8-15-11-12-18-19(13-15)31-23(25(18)14-20(26)29-2)24-21(27)16-9-6-7-10-17(16)22(28)30-3/h6-7,9-13H,4-5,8,14H2,1-3H3. The molecular formula is C23H24N2O5S. The summed E-state index contributed by atoms with van der Waals surface area (Å²) >= 11 is 1.32. The Balaban J connectivity index is 2.12. The van der Waals surface area contributed by atoms with Crippen LogP contribution in [0.5, 0.6) is 0 Å². The number of rotatable bonds is 7. The van der Waals surface area contributed by atoms with Gasteiger partial charge in [0.15, 0.2) is 4.80 Å². The van der Waals surface area contributed by atoms with E-state index in [1.165, 1.54) is 43.3 Å². The summed E-state index contributed by atoms with van der Waals surface area (Å²) in [5, 5.41) is 0. The normalized spacial score (nSPS) is 11.5. The number of amides is 1. The van der Waals surface area contributed by atoms with Crippen molar-refractivity contribution in [3.63, 3.8) is 0 Å². The molecule has 3 rings (SSSR count). The van der Waals surface area contributed by atoms with Gasteiger partial charge in [-0.15, -0.1) is 0 Å². The van der Waals surface area contributed by atoms with E-state index in [0.717, 1.165) is 29.5 Å². The molecule has 0 atom stereocenters. The molecule has 0 aliphatic heterocycles. The quantitative estimate of drug-likeness (QED) is 0.522. The Labute approximate surface area is 183 Å². The zero-order valence-corrected chi connectivity index (χ0v) is 18.5. The fourth-order valence-corrected chi connectivity index (χ4v) is 4.28. The second-order valence-corrected chi connectivity index (χ2v) is 7.92. The lowest BCUT2D eigenvalue weighted by atomic mass is 10.1. The van der Waals surface area contributed by atoms with Gasteiger partial charge in [0.1, 0.15) is 6.54 Å². The number of thiazole rings is 1. The van der Waals surface area contributed by atoms with Crippen molar-refractivity contribution in [2.45, 2.75) is 32.7 Å². The third-order valence-electron chi connectivity index (χ3n) is 4.84. The molecule has 2 aromatic carbocycles. The molecule has 0 fully saturated rings. The van der Waals surface area contributed by atoms with Gasteiger partial charge in [-0.3, -0.25) is 9.59 Å². The fourth-order valence-electron chi connectivity index (χ4n) is 3.19. The molecule has 1 heterocycles. The molecule has 3 aromatic rings. The lowest BCUT2D eigenvalue weighted by molar-refractivity contribution is -0.141. The van der Waals surface area contributed by atoms with Crippen molar-refractivity contribution in [3.05, 3.63) is 64.0 Å². The lowest BCUT2D eigenvalue weighted by Crippen LogP contribution is -2.22. The van der Waals surface area contributed by atoms with Gasteiger partial charge in [0.25, 0.3) is 5.91 Å². The number of benzene rings is 2. The number of esters is 2. The second-order valence-electron chi connectivity index (χ2n) is 6.91. The van der Waals surface area contributed by atoms with Crippen molar-refractivity contribution in [1.29, 1.82) is 0 Å². The van der Waals surface area contributed by atoms with Crippen LogP contribution in [0.25, 0.3) is 10.2 Å². The number of hydrogen-bond donors (Lipinski definition) is 0. The van der Waals surface area contributed by atoms with Crippen LogP contribution < -0.4 is 4.80 Å². The molecule has 0 aliphatic carbocycles. The van der Waals surface area contributed by atoms with Gasteiger partial charge in [0.2, 0.25) is 0 Å². The Morgan fingerprint density at radius 3 is 2.45 bits per heavy atom. The first-order valence-corrected chi connectivity index (χ1v) is 10.8. The number of unbranched alkanes of at least 4 members (excludes halogenated alkanes) is 1. The van der Waals surface area contributed by atoms with E-state index < -0.39 is 17.8 Å². The highest BCUT2D eigenvalue weighted by Crippen LogP contribution is 2.21. The SMILES string of the molecule is CCCCc1ccc2c(c1)sc(=NC(=O)c1ccccc1C(=O)OC)n2CC(=O)OC. The average Bonchev–Trinajstić information content (AvgIpc) is 3.12. The van der Waals surface area contributed by atoms with Crippen LogP contribution in [0.2, 0.25) is 0 Å². The average molecular weight is 441 g/mol. The third kappa shape index (κ3) is 5.08. The topological polar surface area (TPSA) is 87.0 Å². The summed E-state index contributed by atoms with van der Waals surface area (Å²) < 4.78 is 12.2. The molecule has 0 bridgehead atoms. The Morgan fingerprint density at radius 1 is 1.03 bits per heavy atom. The highest BCUT2D eigenvalue weighted by molar-refractivity contribution is 7.16. The Kier molecular flexibility index (Phi) is 7.36. The van der Waals surface area contributed by atoms with Gasteiger partial charge >= 0.3 is 11.9 Å². The van der Waals surface area contributed by atoms with Crippen molar-refractivity contribution in [3.8, 4) is 0 Å². The molecule has 0 radical (unpaired) electrons. The van der Waals surface area contributed by atoms with Crippen LogP contribution in [-0.2, 0) is 27.2 Å². The highest BCUT2D eigenvalue weighted by Gasteiger charge is 2.18. The second kappa shape index (κ2) is 10.2. The predicted octanol–water partition coefficient (Wildman–Crippen LogP) is 3.75. The number of carbonyl (C=O) groups is 3. The van der Waals surface area contributed by atoms with E-state index in [0.29, 0.717) is 4.80 Å². The first kappa shape index (κ1) is 22.4. The summed E-state index contributed by atoms with van der Waals surface area (Å²) in [7, 11) is 2.57. The number of nitrogens with zero attached hydrogens (tertiary/aromatic N) is 2. The van der Waals surface area contributed by atoms with E-state index >= 15 is 0 Å². The molecule has 7 nitrogen and oxygen atoms in total. The van der Waals surface area contributed by atoms with Gasteiger partial charge in [0.05, 0.1) is 35.6 Å². The molecular weight excluding hydrogens is 416 g/mol. The Hall–Kier alpha value is -3.26. The summed E-state index contributed by atoms with van der Waals surface area (Å²) in [6, 6.07) is 12.4. The molecule has 162 valence electrons. The van der Waals surface area contributed by atoms with Crippen molar-refractivity contribution < 1.29 is 23.9 Å². The zero-order chi connectivity index (χ0) is 22.4. The van der Waals surface area contributed by atoms with E-state index in [2.05, 4.69) is 18.0 Å². The largest absolute Gasteiger partial charge is 0.468 e. The molecule has 0 unspecified atom stereocenters. The minimum atomic E-state index is -0.613. The van der Waals surface area contributed by atoms with E-state index in [1.807, 2.05) is 12.1 Å². The van der Waals surface area contributed by atoms with Crippen molar-refractivity contribution in [2.75, 3.05) is 14.2 Å². The van der Waals surface area contributed by atoms with Crippen LogP contribution >= 0.6 is 11.3 Å². The van der Waals surface area contributed by atoms with Crippen LogP contribution in [-0.4, -0.2) is 36.6 Å². The molecule has 31 heavy (non-hydrogen) atoms. The van der Waals surface area contributed by atoms with E-state index in [1.54, 1.807) is 16.7 Å². The van der Waals surface area contributed by atoms with Crippen molar-refractivity contribution in [2.24, 2.45) is 4.99 Å².